The molecular weight excluding hydrogens is 209 g/mol. The summed E-state index contributed by atoms with van der Waals surface area (Å²) in [6.45, 7) is 6.87. The molecule has 0 saturated carbocycles. The van der Waals surface area contributed by atoms with Crippen molar-refractivity contribution in [1.82, 2.24) is 9.80 Å². The SMILES string of the molecule is CN1CCN(CCCN)CC1.Cl.Cl. The number of halogens is 2. The molecule has 0 aromatic rings. The molecule has 0 spiro atoms. The lowest BCUT2D eigenvalue weighted by Gasteiger charge is -2.32. The van der Waals surface area contributed by atoms with E-state index >= 15 is 0 Å². The van der Waals surface area contributed by atoms with Crippen LogP contribution in [-0.4, -0.2) is 56.1 Å². The number of nitrogens with zero attached hydrogens (tertiary/aromatic N) is 2. The summed E-state index contributed by atoms with van der Waals surface area (Å²) in [6, 6.07) is 0. The summed E-state index contributed by atoms with van der Waals surface area (Å²) in [6.07, 6.45) is 1.14. The van der Waals surface area contributed by atoms with Gasteiger partial charge in [0.1, 0.15) is 0 Å². The second-order valence-corrected chi connectivity index (χ2v) is 3.29. The molecule has 1 rings (SSSR count). The second kappa shape index (κ2) is 9.03. The zero-order valence-electron chi connectivity index (χ0n) is 8.24. The normalized spacial score (nSPS) is 18.9. The topological polar surface area (TPSA) is 32.5 Å². The molecule has 0 amide bonds. The third-order valence-electron chi connectivity index (χ3n) is 2.27. The summed E-state index contributed by atoms with van der Waals surface area (Å²) >= 11 is 0. The van der Waals surface area contributed by atoms with Crippen LogP contribution in [0.2, 0.25) is 0 Å². The van der Waals surface area contributed by atoms with E-state index in [2.05, 4.69) is 16.8 Å². The average Bonchev–Trinajstić information content (AvgIpc) is 2.04. The van der Waals surface area contributed by atoms with Crippen LogP contribution in [0.15, 0.2) is 0 Å². The summed E-state index contributed by atoms with van der Waals surface area (Å²) in [5.74, 6) is 0. The fourth-order valence-corrected chi connectivity index (χ4v) is 1.39. The number of likely N-dealkylation sites (N-methyl/N-ethyl adjacent to an activating group) is 1. The van der Waals surface area contributed by atoms with Crippen LogP contribution in [0, 0.1) is 0 Å². The molecule has 1 aliphatic rings. The number of rotatable bonds is 3. The highest BCUT2D eigenvalue weighted by molar-refractivity contribution is 5.85. The number of piperazine rings is 1. The van der Waals surface area contributed by atoms with E-state index in [1.54, 1.807) is 0 Å². The van der Waals surface area contributed by atoms with Crippen molar-refractivity contribution in [3.63, 3.8) is 0 Å². The minimum Gasteiger partial charge on any atom is -0.330 e. The molecule has 0 bridgehead atoms. The van der Waals surface area contributed by atoms with E-state index in [0.29, 0.717) is 0 Å². The standard InChI is InChI=1S/C8H19N3.2ClH/c1-10-5-7-11(8-6-10)4-2-3-9;;/h2-9H2,1H3;2*1H. The van der Waals surface area contributed by atoms with Gasteiger partial charge in [-0.2, -0.15) is 0 Å². The predicted molar refractivity (Wildman–Crippen MR) is 62.1 cm³/mol. The average molecular weight is 230 g/mol. The third kappa shape index (κ3) is 6.52. The lowest BCUT2D eigenvalue weighted by atomic mass is 10.3. The molecule has 0 atom stereocenters. The lowest BCUT2D eigenvalue weighted by Crippen LogP contribution is -2.44. The van der Waals surface area contributed by atoms with Crippen LogP contribution < -0.4 is 5.73 Å². The highest BCUT2D eigenvalue weighted by Gasteiger charge is 2.11. The Kier molecular flexibility index (Phi) is 11.1. The molecule has 3 nitrogen and oxygen atoms in total. The Labute approximate surface area is 93.5 Å². The molecule has 1 aliphatic heterocycles. The Morgan fingerprint density at radius 2 is 1.62 bits per heavy atom. The first-order valence-electron chi connectivity index (χ1n) is 4.44. The van der Waals surface area contributed by atoms with Gasteiger partial charge < -0.3 is 15.5 Å². The van der Waals surface area contributed by atoms with Gasteiger partial charge in [0.25, 0.3) is 0 Å². The largest absolute Gasteiger partial charge is 0.330 e. The van der Waals surface area contributed by atoms with Crippen molar-refractivity contribution in [2.75, 3.05) is 46.3 Å². The van der Waals surface area contributed by atoms with Gasteiger partial charge in [-0.1, -0.05) is 0 Å². The van der Waals surface area contributed by atoms with Gasteiger partial charge in [0, 0.05) is 26.2 Å². The summed E-state index contributed by atoms with van der Waals surface area (Å²) in [7, 11) is 2.18. The van der Waals surface area contributed by atoms with Crippen LogP contribution in [0.1, 0.15) is 6.42 Å². The van der Waals surface area contributed by atoms with E-state index in [-0.39, 0.29) is 24.8 Å². The summed E-state index contributed by atoms with van der Waals surface area (Å²) in [4.78, 5) is 4.87. The molecule has 82 valence electrons. The predicted octanol–water partition coefficient (Wildman–Crippen LogP) is 0.426. The molecule has 1 saturated heterocycles. The van der Waals surface area contributed by atoms with Gasteiger partial charge in [0.15, 0.2) is 0 Å². The van der Waals surface area contributed by atoms with E-state index in [0.717, 1.165) is 13.0 Å². The molecule has 5 heteroatoms. The fraction of sp³-hybridized carbons (Fsp3) is 1.00. The van der Waals surface area contributed by atoms with Gasteiger partial charge >= 0.3 is 0 Å². The first kappa shape index (κ1) is 15.9. The van der Waals surface area contributed by atoms with Crippen LogP contribution in [0.3, 0.4) is 0 Å². The molecular formula is C8H21Cl2N3. The lowest BCUT2D eigenvalue weighted by molar-refractivity contribution is 0.153. The monoisotopic (exact) mass is 229 g/mol. The maximum Gasteiger partial charge on any atom is 0.0110 e. The maximum atomic E-state index is 5.44. The quantitative estimate of drug-likeness (QED) is 0.763. The molecule has 1 fully saturated rings. The van der Waals surface area contributed by atoms with Crippen LogP contribution in [-0.2, 0) is 0 Å². The van der Waals surface area contributed by atoms with Crippen molar-refractivity contribution in [3.8, 4) is 0 Å². The minimum atomic E-state index is 0. The summed E-state index contributed by atoms with van der Waals surface area (Å²) in [5.41, 5.74) is 5.44. The molecule has 2 N–H and O–H groups in total. The van der Waals surface area contributed by atoms with Crippen LogP contribution in [0.5, 0.6) is 0 Å². The van der Waals surface area contributed by atoms with Gasteiger partial charge in [-0.05, 0) is 26.6 Å². The van der Waals surface area contributed by atoms with Gasteiger partial charge in [0.05, 0.1) is 0 Å². The Hall–Kier alpha value is 0.460. The Balaban J connectivity index is 0. The van der Waals surface area contributed by atoms with Crippen molar-refractivity contribution in [3.05, 3.63) is 0 Å². The molecule has 13 heavy (non-hydrogen) atoms. The first-order valence-corrected chi connectivity index (χ1v) is 4.44. The highest BCUT2D eigenvalue weighted by atomic mass is 35.5. The van der Waals surface area contributed by atoms with E-state index in [1.165, 1.54) is 32.7 Å². The number of hydrogen-bond acceptors (Lipinski definition) is 3. The van der Waals surface area contributed by atoms with E-state index in [4.69, 9.17) is 5.73 Å². The first-order chi connectivity index (χ1) is 5.33. The third-order valence-corrected chi connectivity index (χ3v) is 2.27. The van der Waals surface area contributed by atoms with E-state index in [1.807, 2.05) is 0 Å². The molecule has 0 aliphatic carbocycles. The number of hydrogen-bond donors (Lipinski definition) is 1. The molecule has 0 radical (unpaired) electrons. The van der Waals surface area contributed by atoms with E-state index < -0.39 is 0 Å². The number of nitrogens with two attached hydrogens (primary N) is 1. The van der Waals surface area contributed by atoms with Crippen LogP contribution >= 0.6 is 24.8 Å². The Morgan fingerprint density at radius 3 is 2.08 bits per heavy atom. The van der Waals surface area contributed by atoms with E-state index in [9.17, 15) is 0 Å². The Morgan fingerprint density at radius 1 is 1.08 bits per heavy atom. The van der Waals surface area contributed by atoms with Gasteiger partial charge in [-0.3, -0.25) is 0 Å². The van der Waals surface area contributed by atoms with Crippen molar-refractivity contribution >= 4 is 24.8 Å². The molecule has 1 heterocycles. The smallest absolute Gasteiger partial charge is 0.0110 e. The second-order valence-electron chi connectivity index (χ2n) is 3.29. The van der Waals surface area contributed by atoms with Gasteiger partial charge in [-0.25, -0.2) is 0 Å². The highest BCUT2D eigenvalue weighted by Crippen LogP contribution is 1.98. The van der Waals surface area contributed by atoms with Gasteiger partial charge in [0.2, 0.25) is 0 Å². The van der Waals surface area contributed by atoms with Crippen molar-refractivity contribution in [1.29, 1.82) is 0 Å². The van der Waals surface area contributed by atoms with Gasteiger partial charge in [-0.15, -0.1) is 24.8 Å². The van der Waals surface area contributed by atoms with Crippen LogP contribution in [0.25, 0.3) is 0 Å². The molecule has 0 aromatic heterocycles. The zero-order chi connectivity index (χ0) is 8.10. The maximum absolute atomic E-state index is 5.44. The summed E-state index contributed by atoms with van der Waals surface area (Å²) < 4.78 is 0. The van der Waals surface area contributed by atoms with Crippen molar-refractivity contribution in [2.45, 2.75) is 6.42 Å². The molecule has 0 aromatic carbocycles. The Bertz CT molecular complexity index is 103. The van der Waals surface area contributed by atoms with Crippen molar-refractivity contribution < 1.29 is 0 Å². The minimum absolute atomic E-state index is 0. The van der Waals surface area contributed by atoms with Crippen molar-refractivity contribution in [2.24, 2.45) is 5.73 Å². The molecule has 0 unspecified atom stereocenters. The summed E-state index contributed by atoms with van der Waals surface area (Å²) in [5, 5.41) is 0. The fourth-order valence-electron chi connectivity index (χ4n) is 1.39. The van der Waals surface area contributed by atoms with Crippen LogP contribution in [0.4, 0.5) is 0 Å². The zero-order valence-corrected chi connectivity index (χ0v) is 9.87.